The van der Waals surface area contributed by atoms with Crippen molar-refractivity contribution in [2.45, 2.75) is 19.4 Å². The number of carbonyl (C=O) groups is 1. The molecule has 1 amide bonds. The quantitative estimate of drug-likeness (QED) is 0.791. The largest absolute Gasteiger partial charge is 0.495 e. The zero-order valence-electron chi connectivity index (χ0n) is 11.1. The molecule has 106 valence electrons. The van der Waals surface area contributed by atoms with Crippen molar-refractivity contribution in [2.75, 3.05) is 25.7 Å². The van der Waals surface area contributed by atoms with Gasteiger partial charge in [0.2, 0.25) is 5.91 Å². The summed E-state index contributed by atoms with van der Waals surface area (Å²) in [4.78, 5) is 11.7. The predicted molar refractivity (Wildman–Crippen MR) is 71.4 cm³/mol. The van der Waals surface area contributed by atoms with Crippen LogP contribution in [0.4, 0.5) is 10.1 Å². The number of carbonyl (C=O) groups excluding carboxylic acids is 1. The number of rotatable bonds is 7. The van der Waals surface area contributed by atoms with Gasteiger partial charge in [0.1, 0.15) is 24.8 Å². The van der Waals surface area contributed by atoms with Crippen molar-refractivity contribution < 1.29 is 18.7 Å². The summed E-state index contributed by atoms with van der Waals surface area (Å²) in [5.74, 6) is 0.760. The molecule has 1 aromatic carbocycles. The van der Waals surface area contributed by atoms with Crippen molar-refractivity contribution in [1.29, 1.82) is 0 Å². The molecule has 5 nitrogen and oxygen atoms in total. The van der Waals surface area contributed by atoms with E-state index in [4.69, 9.17) is 15.2 Å². The summed E-state index contributed by atoms with van der Waals surface area (Å²) in [6.07, 6.45) is 0.207. The molecule has 0 saturated heterocycles. The number of amides is 1. The van der Waals surface area contributed by atoms with E-state index in [9.17, 15) is 9.18 Å². The van der Waals surface area contributed by atoms with Gasteiger partial charge in [-0.15, -0.1) is 0 Å². The number of alkyl halides is 1. The Bertz CT molecular complexity index is 424. The first-order valence-electron chi connectivity index (χ1n) is 5.99. The molecule has 6 heteroatoms. The van der Waals surface area contributed by atoms with Gasteiger partial charge in [0.05, 0.1) is 12.8 Å². The normalized spacial score (nSPS) is 11.8. The lowest BCUT2D eigenvalue weighted by atomic mass is 10.2. The monoisotopic (exact) mass is 270 g/mol. The molecule has 0 aromatic heterocycles. The van der Waals surface area contributed by atoms with Crippen LogP contribution in [0.15, 0.2) is 18.2 Å². The fourth-order valence-corrected chi connectivity index (χ4v) is 1.52. The highest BCUT2D eigenvalue weighted by atomic mass is 19.1. The zero-order chi connectivity index (χ0) is 14.3. The summed E-state index contributed by atoms with van der Waals surface area (Å²) < 4.78 is 22.3. The number of ether oxygens (including phenoxy) is 2. The van der Waals surface area contributed by atoms with Gasteiger partial charge in [0.25, 0.3) is 0 Å². The summed E-state index contributed by atoms with van der Waals surface area (Å²) in [5.41, 5.74) is 6.03. The van der Waals surface area contributed by atoms with Gasteiger partial charge in [0.15, 0.2) is 0 Å². The summed E-state index contributed by atoms with van der Waals surface area (Å²) in [6.45, 7) is 1.15. The van der Waals surface area contributed by atoms with Crippen molar-refractivity contribution in [1.82, 2.24) is 0 Å². The van der Waals surface area contributed by atoms with Crippen LogP contribution in [0.25, 0.3) is 0 Å². The Morgan fingerprint density at radius 3 is 2.84 bits per heavy atom. The molecule has 0 bridgehead atoms. The van der Waals surface area contributed by atoms with E-state index in [0.717, 1.165) is 0 Å². The Hall–Kier alpha value is -1.82. The third-order valence-corrected chi connectivity index (χ3v) is 2.30. The van der Waals surface area contributed by atoms with E-state index in [1.54, 1.807) is 25.1 Å². The minimum Gasteiger partial charge on any atom is -0.495 e. The van der Waals surface area contributed by atoms with Crippen molar-refractivity contribution >= 4 is 11.6 Å². The second-order valence-electron chi connectivity index (χ2n) is 4.13. The number of halogens is 1. The Kier molecular flexibility index (Phi) is 6.08. The standard InChI is InChI=1S/C13H19FN2O3/c1-9(15)7-13(17)16-11-8-10(19-6-5-14)3-4-12(11)18-2/h3-4,8-9H,5-7,15H2,1-2H3,(H,16,17). The maximum Gasteiger partial charge on any atom is 0.226 e. The smallest absolute Gasteiger partial charge is 0.226 e. The van der Waals surface area contributed by atoms with Crippen LogP contribution in [0.2, 0.25) is 0 Å². The average molecular weight is 270 g/mol. The maximum absolute atomic E-state index is 12.0. The first kappa shape index (κ1) is 15.2. The van der Waals surface area contributed by atoms with Crippen LogP contribution in [-0.4, -0.2) is 32.3 Å². The van der Waals surface area contributed by atoms with Crippen LogP contribution in [0, 0.1) is 0 Å². The number of anilines is 1. The number of benzene rings is 1. The molecule has 19 heavy (non-hydrogen) atoms. The molecule has 1 aromatic rings. The number of nitrogens with two attached hydrogens (primary N) is 1. The Labute approximate surface area is 111 Å². The van der Waals surface area contributed by atoms with E-state index in [1.165, 1.54) is 7.11 Å². The van der Waals surface area contributed by atoms with E-state index in [0.29, 0.717) is 17.2 Å². The van der Waals surface area contributed by atoms with Crippen LogP contribution in [0.5, 0.6) is 11.5 Å². The van der Waals surface area contributed by atoms with Crippen LogP contribution in [0.1, 0.15) is 13.3 Å². The highest BCUT2D eigenvalue weighted by Gasteiger charge is 2.10. The van der Waals surface area contributed by atoms with Crippen LogP contribution < -0.4 is 20.5 Å². The van der Waals surface area contributed by atoms with E-state index in [2.05, 4.69) is 5.32 Å². The van der Waals surface area contributed by atoms with Gasteiger partial charge in [-0.25, -0.2) is 4.39 Å². The minimum atomic E-state index is -0.571. The third-order valence-electron chi connectivity index (χ3n) is 2.30. The van der Waals surface area contributed by atoms with Crippen LogP contribution >= 0.6 is 0 Å². The average Bonchev–Trinajstić information content (AvgIpc) is 2.35. The second-order valence-corrected chi connectivity index (χ2v) is 4.13. The van der Waals surface area contributed by atoms with Crippen molar-refractivity contribution in [3.8, 4) is 11.5 Å². The second kappa shape index (κ2) is 7.58. The van der Waals surface area contributed by atoms with Crippen LogP contribution in [-0.2, 0) is 4.79 Å². The lowest BCUT2D eigenvalue weighted by Gasteiger charge is -2.13. The molecule has 3 N–H and O–H groups in total. The number of nitrogens with one attached hydrogen (secondary N) is 1. The van der Waals surface area contributed by atoms with Crippen molar-refractivity contribution in [2.24, 2.45) is 5.73 Å². The fourth-order valence-electron chi connectivity index (χ4n) is 1.52. The summed E-state index contributed by atoms with van der Waals surface area (Å²) >= 11 is 0. The fraction of sp³-hybridized carbons (Fsp3) is 0.462. The first-order valence-corrected chi connectivity index (χ1v) is 5.99. The number of hydrogen-bond donors (Lipinski definition) is 2. The molecule has 0 heterocycles. The van der Waals surface area contributed by atoms with Gasteiger partial charge < -0.3 is 20.5 Å². The molecule has 0 fully saturated rings. The molecule has 0 aliphatic heterocycles. The van der Waals surface area contributed by atoms with E-state index in [1.807, 2.05) is 0 Å². The minimum absolute atomic E-state index is 0.0282. The van der Waals surface area contributed by atoms with E-state index < -0.39 is 6.67 Å². The Morgan fingerprint density at radius 1 is 1.53 bits per heavy atom. The van der Waals surface area contributed by atoms with Gasteiger partial charge in [0, 0.05) is 18.5 Å². The van der Waals surface area contributed by atoms with Gasteiger partial charge in [-0.1, -0.05) is 0 Å². The first-order chi connectivity index (χ1) is 9.06. The van der Waals surface area contributed by atoms with Crippen molar-refractivity contribution in [3.05, 3.63) is 18.2 Å². The highest BCUT2D eigenvalue weighted by Crippen LogP contribution is 2.29. The molecular formula is C13H19FN2O3. The third kappa shape index (κ3) is 5.13. The topological polar surface area (TPSA) is 73.6 Å². The Balaban J connectivity index is 2.80. The lowest BCUT2D eigenvalue weighted by molar-refractivity contribution is -0.116. The molecule has 0 aliphatic rings. The highest BCUT2D eigenvalue weighted by molar-refractivity contribution is 5.92. The molecule has 0 saturated carbocycles. The lowest BCUT2D eigenvalue weighted by Crippen LogP contribution is -2.24. The maximum atomic E-state index is 12.0. The number of methoxy groups -OCH3 is 1. The molecule has 1 unspecified atom stereocenters. The summed E-state index contributed by atoms with van der Waals surface area (Å²) in [6, 6.07) is 4.66. The molecule has 1 atom stereocenters. The zero-order valence-corrected chi connectivity index (χ0v) is 11.1. The van der Waals surface area contributed by atoms with E-state index >= 15 is 0 Å². The molecular weight excluding hydrogens is 251 g/mol. The molecule has 0 spiro atoms. The summed E-state index contributed by atoms with van der Waals surface area (Å²) in [5, 5.41) is 2.69. The molecule has 0 radical (unpaired) electrons. The van der Waals surface area contributed by atoms with Crippen LogP contribution in [0.3, 0.4) is 0 Å². The predicted octanol–water partition coefficient (Wildman–Crippen LogP) is 1.72. The molecule has 1 rings (SSSR count). The van der Waals surface area contributed by atoms with Gasteiger partial charge in [-0.05, 0) is 19.1 Å². The van der Waals surface area contributed by atoms with Gasteiger partial charge >= 0.3 is 0 Å². The Morgan fingerprint density at radius 2 is 2.26 bits per heavy atom. The van der Waals surface area contributed by atoms with E-state index in [-0.39, 0.29) is 25.0 Å². The van der Waals surface area contributed by atoms with Gasteiger partial charge in [-0.3, -0.25) is 4.79 Å². The SMILES string of the molecule is COc1ccc(OCCF)cc1NC(=O)CC(C)N. The summed E-state index contributed by atoms with van der Waals surface area (Å²) in [7, 11) is 1.50. The van der Waals surface area contributed by atoms with Crippen molar-refractivity contribution in [3.63, 3.8) is 0 Å². The number of hydrogen-bond acceptors (Lipinski definition) is 4. The molecule has 0 aliphatic carbocycles. The van der Waals surface area contributed by atoms with Gasteiger partial charge in [-0.2, -0.15) is 0 Å².